The summed E-state index contributed by atoms with van der Waals surface area (Å²) in [5, 5.41) is 5.04. The van der Waals surface area contributed by atoms with Gasteiger partial charge in [-0.25, -0.2) is 4.79 Å². The van der Waals surface area contributed by atoms with Crippen molar-refractivity contribution in [3.8, 4) is 0 Å². The van der Waals surface area contributed by atoms with Gasteiger partial charge in [-0.3, -0.25) is 14.9 Å². The van der Waals surface area contributed by atoms with Gasteiger partial charge in [-0.15, -0.1) is 0 Å². The number of carbonyl (C=O) groups excluding carboxylic acids is 3. The molecule has 0 bridgehead atoms. The lowest BCUT2D eigenvalue weighted by Gasteiger charge is -2.31. The Morgan fingerprint density at radius 2 is 2.04 bits per heavy atom. The standard InChI is InChI=1S/C16H24N4O4/c1-3-12(2)17-16(23)18-14(21)11-19-6-8-20(9-7-19)15(22)13-5-4-10-24-13/h4-5,10,12H,3,6-9,11H2,1-2H3,(H2,17,18,21,23)/p+1/t12-/m0/s1. The molecule has 1 aliphatic rings. The smallest absolute Gasteiger partial charge is 0.321 e. The van der Waals surface area contributed by atoms with Crippen LogP contribution in [0.2, 0.25) is 0 Å². The van der Waals surface area contributed by atoms with Gasteiger partial charge in [0, 0.05) is 6.04 Å². The first-order chi connectivity index (χ1) is 11.5. The van der Waals surface area contributed by atoms with E-state index in [1.807, 2.05) is 13.8 Å². The van der Waals surface area contributed by atoms with Crippen LogP contribution in [-0.2, 0) is 4.79 Å². The minimum absolute atomic E-state index is 0.0290. The topological polar surface area (TPSA) is 96.1 Å². The van der Waals surface area contributed by atoms with Crippen molar-refractivity contribution in [2.45, 2.75) is 26.3 Å². The first kappa shape index (κ1) is 18.0. The minimum atomic E-state index is -0.458. The van der Waals surface area contributed by atoms with Crippen LogP contribution < -0.4 is 15.5 Å². The number of piperazine rings is 1. The fraction of sp³-hybridized carbons (Fsp3) is 0.562. The molecule has 1 atom stereocenters. The third kappa shape index (κ3) is 5.09. The molecule has 1 aliphatic heterocycles. The molecule has 2 heterocycles. The molecule has 4 amide bonds. The van der Waals surface area contributed by atoms with Gasteiger partial charge >= 0.3 is 6.03 Å². The summed E-state index contributed by atoms with van der Waals surface area (Å²) in [4.78, 5) is 38.5. The lowest BCUT2D eigenvalue weighted by Crippen LogP contribution is -3.15. The van der Waals surface area contributed by atoms with E-state index in [9.17, 15) is 14.4 Å². The number of urea groups is 1. The highest BCUT2D eigenvalue weighted by Crippen LogP contribution is 2.05. The van der Waals surface area contributed by atoms with Crippen LogP contribution in [0.25, 0.3) is 0 Å². The maximum atomic E-state index is 12.2. The number of carbonyl (C=O) groups is 3. The molecule has 1 saturated heterocycles. The monoisotopic (exact) mass is 337 g/mol. The number of amides is 4. The molecule has 2 rings (SSSR count). The normalized spacial score (nSPS) is 16.5. The van der Waals surface area contributed by atoms with Crippen LogP contribution in [0.3, 0.4) is 0 Å². The van der Waals surface area contributed by atoms with E-state index in [0.717, 1.165) is 11.3 Å². The van der Waals surface area contributed by atoms with Crippen molar-refractivity contribution < 1.29 is 23.7 Å². The molecule has 1 aromatic rings. The Morgan fingerprint density at radius 3 is 2.62 bits per heavy atom. The number of nitrogens with zero attached hydrogens (tertiary/aromatic N) is 1. The van der Waals surface area contributed by atoms with Crippen molar-refractivity contribution in [3.63, 3.8) is 0 Å². The van der Waals surface area contributed by atoms with Crippen molar-refractivity contribution in [1.82, 2.24) is 15.5 Å². The molecule has 0 aromatic carbocycles. The first-order valence-corrected chi connectivity index (χ1v) is 8.26. The summed E-state index contributed by atoms with van der Waals surface area (Å²) < 4.78 is 5.12. The zero-order chi connectivity index (χ0) is 17.5. The van der Waals surface area contributed by atoms with E-state index in [0.29, 0.717) is 31.9 Å². The van der Waals surface area contributed by atoms with Gasteiger partial charge in [0.2, 0.25) is 0 Å². The zero-order valence-corrected chi connectivity index (χ0v) is 14.1. The van der Waals surface area contributed by atoms with Crippen molar-refractivity contribution in [2.75, 3.05) is 32.7 Å². The highest BCUT2D eigenvalue weighted by atomic mass is 16.3. The highest BCUT2D eigenvalue weighted by Gasteiger charge is 2.27. The number of nitrogens with one attached hydrogen (secondary N) is 3. The van der Waals surface area contributed by atoms with Crippen LogP contribution in [0.4, 0.5) is 4.79 Å². The summed E-state index contributed by atoms with van der Waals surface area (Å²) in [5.41, 5.74) is 0. The Hall–Kier alpha value is -2.35. The van der Waals surface area contributed by atoms with Gasteiger partial charge < -0.3 is 19.5 Å². The molecule has 1 fully saturated rings. The minimum Gasteiger partial charge on any atom is -0.459 e. The molecule has 0 spiro atoms. The Balaban J connectivity index is 1.71. The van der Waals surface area contributed by atoms with E-state index >= 15 is 0 Å². The second kappa shape index (κ2) is 8.49. The lowest BCUT2D eigenvalue weighted by atomic mass is 10.2. The van der Waals surface area contributed by atoms with Crippen molar-refractivity contribution >= 4 is 17.8 Å². The molecule has 24 heavy (non-hydrogen) atoms. The van der Waals surface area contributed by atoms with Crippen LogP contribution in [0, 0.1) is 0 Å². The summed E-state index contributed by atoms with van der Waals surface area (Å²) in [6.45, 7) is 6.49. The predicted molar refractivity (Wildman–Crippen MR) is 86.6 cm³/mol. The molecule has 1 aromatic heterocycles. The van der Waals surface area contributed by atoms with Gasteiger partial charge in [0.1, 0.15) is 0 Å². The van der Waals surface area contributed by atoms with Crippen molar-refractivity contribution in [3.05, 3.63) is 24.2 Å². The summed E-state index contributed by atoms with van der Waals surface area (Å²) >= 11 is 0. The number of furan rings is 1. The summed E-state index contributed by atoms with van der Waals surface area (Å²) in [7, 11) is 0. The van der Waals surface area contributed by atoms with Crippen molar-refractivity contribution in [2.24, 2.45) is 0 Å². The maximum Gasteiger partial charge on any atom is 0.321 e. The van der Waals surface area contributed by atoms with Crippen LogP contribution >= 0.6 is 0 Å². The van der Waals surface area contributed by atoms with Gasteiger partial charge in [-0.1, -0.05) is 6.92 Å². The average Bonchev–Trinajstić information content (AvgIpc) is 3.08. The second-order valence-electron chi connectivity index (χ2n) is 6.03. The van der Waals surface area contributed by atoms with E-state index in [2.05, 4.69) is 10.6 Å². The van der Waals surface area contributed by atoms with E-state index in [1.165, 1.54) is 6.26 Å². The molecule has 0 saturated carbocycles. The molecular weight excluding hydrogens is 312 g/mol. The van der Waals surface area contributed by atoms with E-state index in [4.69, 9.17) is 4.42 Å². The fourth-order valence-corrected chi connectivity index (χ4v) is 2.52. The highest BCUT2D eigenvalue weighted by molar-refractivity contribution is 5.94. The van der Waals surface area contributed by atoms with Gasteiger partial charge in [0.05, 0.1) is 32.4 Å². The molecule has 8 nitrogen and oxygen atoms in total. The molecule has 0 radical (unpaired) electrons. The number of imide groups is 1. The van der Waals surface area contributed by atoms with E-state index in [1.54, 1.807) is 17.0 Å². The Bertz CT molecular complexity index is 565. The maximum absolute atomic E-state index is 12.2. The molecule has 0 unspecified atom stereocenters. The first-order valence-electron chi connectivity index (χ1n) is 8.26. The van der Waals surface area contributed by atoms with Crippen molar-refractivity contribution in [1.29, 1.82) is 0 Å². The third-order valence-corrected chi connectivity index (χ3v) is 4.14. The number of hydrogen-bond acceptors (Lipinski definition) is 4. The quantitative estimate of drug-likeness (QED) is 0.658. The molecule has 0 aliphatic carbocycles. The summed E-state index contributed by atoms with van der Waals surface area (Å²) in [6, 6.07) is 2.90. The Labute approximate surface area is 141 Å². The predicted octanol–water partition coefficient (Wildman–Crippen LogP) is -0.755. The number of quaternary nitrogens is 1. The van der Waals surface area contributed by atoms with Crippen LogP contribution in [0.5, 0.6) is 0 Å². The van der Waals surface area contributed by atoms with E-state index in [-0.39, 0.29) is 24.4 Å². The zero-order valence-electron chi connectivity index (χ0n) is 14.1. The fourth-order valence-electron chi connectivity index (χ4n) is 2.52. The molecule has 3 N–H and O–H groups in total. The van der Waals surface area contributed by atoms with E-state index < -0.39 is 6.03 Å². The lowest BCUT2D eigenvalue weighted by molar-refractivity contribution is -0.895. The van der Waals surface area contributed by atoms with Gasteiger partial charge in [-0.05, 0) is 25.5 Å². The SMILES string of the molecule is CC[C@H](C)NC(=O)NC(=O)C[NH+]1CCN(C(=O)c2ccco2)CC1. The average molecular weight is 337 g/mol. The van der Waals surface area contributed by atoms with Crippen LogP contribution in [-0.4, -0.2) is 61.5 Å². The van der Waals surface area contributed by atoms with Gasteiger partial charge in [0.25, 0.3) is 11.8 Å². The van der Waals surface area contributed by atoms with Gasteiger partial charge in [0.15, 0.2) is 12.3 Å². The Kier molecular flexibility index (Phi) is 6.36. The molecular formula is C16H25N4O4+. The third-order valence-electron chi connectivity index (χ3n) is 4.14. The molecule has 8 heteroatoms. The van der Waals surface area contributed by atoms with Crippen LogP contribution in [0.1, 0.15) is 30.8 Å². The van der Waals surface area contributed by atoms with Crippen LogP contribution in [0.15, 0.2) is 22.8 Å². The van der Waals surface area contributed by atoms with Gasteiger partial charge in [-0.2, -0.15) is 0 Å². The largest absolute Gasteiger partial charge is 0.459 e. The number of hydrogen-bond donors (Lipinski definition) is 3. The molecule has 132 valence electrons. The second-order valence-corrected chi connectivity index (χ2v) is 6.03. The number of rotatable bonds is 5. The summed E-state index contributed by atoms with van der Waals surface area (Å²) in [6.07, 6.45) is 2.28. The Morgan fingerprint density at radius 1 is 1.33 bits per heavy atom. The summed E-state index contributed by atoms with van der Waals surface area (Å²) in [5.74, 6) is -0.106.